The lowest BCUT2D eigenvalue weighted by molar-refractivity contribution is -0.118. The number of anilines is 3. The van der Waals surface area contributed by atoms with Crippen molar-refractivity contribution in [3.8, 4) is 5.88 Å². The summed E-state index contributed by atoms with van der Waals surface area (Å²) in [6, 6.07) is 5.70. The highest BCUT2D eigenvalue weighted by molar-refractivity contribution is 5.95. The predicted molar refractivity (Wildman–Crippen MR) is 128 cm³/mol. The number of nitrogens with zero attached hydrogens (tertiary/aromatic N) is 4. The van der Waals surface area contributed by atoms with Gasteiger partial charge in [-0.1, -0.05) is 0 Å². The normalized spacial score (nSPS) is 11.7. The van der Waals surface area contributed by atoms with Crippen LogP contribution in [0.4, 0.5) is 17.2 Å². The van der Waals surface area contributed by atoms with E-state index in [1.807, 2.05) is 56.2 Å². The smallest absolute Gasteiger partial charge is 0.227 e. The number of rotatable bonds is 11. The monoisotopic (exact) mass is 453 g/mol. The van der Waals surface area contributed by atoms with Crippen LogP contribution in [0.3, 0.4) is 0 Å². The fourth-order valence-corrected chi connectivity index (χ4v) is 3.28. The molecule has 0 spiro atoms. The van der Waals surface area contributed by atoms with E-state index in [9.17, 15) is 4.79 Å². The van der Waals surface area contributed by atoms with Gasteiger partial charge in [0.25, 0.3) is 0 Å². The summed E-state index contributed by atoms with van der Waals surface area (Å²) in [6.07, 6.45) is 5.64. The first kappa shape index (κ1) is 24.0. The first-order valence-electron chi connectivity index (χ1n) is 10.7. The van der Waals surface area contributed by atoms with Crippen LogP contribution in [0, 0.1) is 6.92 Å². The molecule has 33 heavy (non-hydrogen) atoms. The highest BCUT2D eigenvalue weighted by Gasteiger charge is 2.14. The van der Waals surface area contributed by atoms with Crippen LogP contribution in [-0.2, 0) is 22.6 Å². The van der Waals surface area contributed by atoms with E-state index in [0.29, 0.717) is 36.2 Å². The lowest BCUT2D eigenvalue weighted by Gasteiger charge is -2.16. The zero-order valence-corrected chi connectivity index (χ0v) is 19.7. The van der Waals surface area contributed by atoms with Crippen LogP contribution in [0.5, 0.6) is 5.88 Å². The maximum Gasteiger partial charge on any atom is 0.227 e. The second-order valence-corrected chi connectivity index (χ2v) is 7.67. The van der Waals surface area contributed by atoms with Gasteiger partial charge in [0.2, 0.25) is 11.8 Å². The molecule has 0 aliphatic heterocycles. The SMILES string of the molecule is CNc1cc(NCc2cnn(Cc3ccnc(OC)c3)c2)nc(C)c1NC(=O)C[C@@H](C)OC. The maximum absolute atomic E-state index is 12.3. The van der Waals surface area contributed by atoms with Crippen LogP contribution in [0.25, 0.3) is 0 Å². The standard InChI is InChI=1S/C23H31N7O3/c1-15(32-4)8-21(31)29-23-16(2)28-20(10-19(23)24-3)26-11-18-12-27-30(14-18)13-17-6-7-25-22(9-17)33-5/h6-7,9-10,12,14-15H,8,11,13H2,1-5H3,(H,29,31)(H2,24,26,28)/t15-/m1/s1. The van der Waals surface area contributed by atoms with Gasteiger partial charge in [0.05, 0.1) is 49.4 Å². The van der Waals surface area contributed by atoms with E-state index in [2.05, 4.69) is 31.0 Å². The van der Waals surface area contributed by atoms with Gasteiger partial charge in [-0.2, -0.15) is 5.10 Å². The van der Waals surface area contributed by atoms with Gasteiger partial charge in [0, 0.05) is 50.8 Å². The summed E-state index contributed by atoms with van der Waals surface area (Å²) >= 11 is 0. The van der Waals surface area contributed by atoms with Crippen LogP contribution in [-0.4, -0.2) is 53.0 Å². The molecule has 0 fully saturated rings. The Kier molecular flexibility index (Phi) is 8.20. The topological polar surface area (TPSA) is 115 Å². The number of hydrogen-bond acceptors (Lipinski definition) is 8. The second kappa shape index (κ2) is 11.3. The summed E-state index contributed by atoms with van der Waals surface area (Å²) in [5, 5.41) is 13.8. The molecule has 0 unspecified atom stereocenters. The Balaban J connectivity index is 1.63. The first-order chi connectivity index (χ1) is 15.9. The third-order valence-electron chi connectivity index (χ3n) is 5.12. The lowest BCUT2D eigenvalue weighted by Crippen LogP contribution is -2.20. The molecule has 10 heteroatoms. The Morgan fingerprint density at radius 1 is 1.24 bits per heavy atom. The van der Waals surface area contributed by atoms with Gasteiger partial charge in [-0.15, -0.1) is 0 Å². The highest BCUT2D eigenvalue weighted by Crippen LogP contribution is 2.28. The van der Waals surface area contributed by atoms with Crippen molar-refractivity contribution >= 4 is 23.1 Å². The molecule has 3 aromatic heterocycles. The Labute approximate surface area is 193 Å². The number of carbonyl (C=O) groups excluding carboxylic acids is 1. The van der Waals surface area contributed by atoms with Crippen molar-refractivity contribution in [3.05, 3.63) is 53.6 Å². The van der Waals surface area contributed by atoms with Gasteiger partial charge >= 0.3 is 0 Å². The van der Waals surface area contributed by atoms with E-state index >= 15 is 0 Å². The fourth-order valence-electron chi connectivity index (χ4n) is 3.28. The molecule has 1 amide bonds. The molecule has 3 aromatic rings. The maximum atomic E-state index is 12.3. The van der Waals surface area contributed by atoms with E-state index in [0.717, 1.165) is 16.8 Å². The molecule has 3 N–H and O–H groups in total. The fraction of sp³-hybridized carbons (Fsp3) is 0.391. The Morgan fingerprint density at radius 2 is 2.06 bits per heavy atom. The average Bonchev–Trinajstić information content (AvgIpc) is 3.26. The van der Waals surface area contributed by atoms with Gasteiger partial charge in [0.1, 0.15) is 5.82 Å². The number of ether oxygens (including phenoxy) is 2. The Morgan fingerprint density at radius 3 is 2.79 bits per heavy atom. The average molecular weight is 454 g/mol. The number of aryl methyl sites for hydroxylation is 1. The third-order valence-corrected chi connectivity index (χ3v) is 5.12. The van der Waals surface area contributed by atoms with Crippen molar-refractivity contribution in [2.24, 2.45) is 0 Å². The molecule has 1 atom stereocenters. The number of nitrogens with one attached hydrogen (secondary N) is 3. The van der Waals surface area contributed by atoms with E-state index in [4.69, 9.17) is 9.47 Å². The molecular formula is C23H31N7O3. The van der Waals surface area contributed by atoms with E-state index in [1.54, 1.807) is 20.4 Å². The van der Waals surface area contributed by atoms with Crippen molar-refractivity contribution in [1.29, 1.82) is 0 Å². The Hall–Kier alpha value is -3.66. The summed E-state index contributed by atoms with van der Waals surface area (Å²) in [5.74, 6) is 1.16. The molecule has 0 aliphatic carbocycles. The lowest BCUT2D eigenvalue weighted by atomic mass is 10.2. The number of amides is 1. The third kappa shape index (κ3) is 6.66. The first-order valence-corrected chi connectivity index (χ1v) is 10.7. The quantitative estimate of drug-likeness (QED) is 0.406. The van der Waals surface area contributed by atoms with Crippen LogP contribution in [0.2, 0.25) is 0 Å². The predicted octanol–water partition coefficient (Wildman–Crippen LogP) is 3.06. The van der Waals surface area contributed by atoms with Crippen LogP contribution < -0.4 is 20.7 Å². The number of aromatic nitrogens is 4. The molecule has 0 saturated heterocycles. The minimum absolute atomic E-state index is 0.120. The van der Waals surface area contributed by atoms with Gasteiger partial charge in [-0.25, -0.2) is 9.97 Å². The van der Waals surface area contributed by atoms with Crippen molar-refractivity contribution in [2.75, 3.05) is 37.2 Å². The van der Waals surface area contributed by atoms with Crippen LogP contribution in [0.15, 0.2) is 36.8 Å². The molecule has 0 radical (unpaired) electrons. The van der Waals surface area contributed by atoms with Gasteiger partial charge < -0.3 is 25.4 Å². The van der Waals surface area contributed by atoms with Crippen LogP contribution >= 0.6 is 0 Å². The van der Waals surface area contributed by atoms with E-state index in [1.165, 1.54) is 0 Å². The molecule has 176 valence electrons. The highest BCUT2D eigenvalue weighted by atomic mass is 16.5. The zero-order chi connectivity index (χ0) is 23.8. The molecule has 0 bridgehead atoms. The van der Waals surface area contributed by atoms with Gasteiger partial charge in [-0.05, 0) is 25.5 Å². The molecule has 3 rings (SSSR count). The molecule has 0 aromatic carbocycles. The molecular weight excluding hydrogens is 422 g/mol. The molecule has 10 nitrogen and oxygen atoms in total. The summed E-state index contributed by atoms with van der Waals surface area (Å²) in [7, 11) is 5.00. The molecule has 0 saturated carbocycles. The number of pyridine rings is 2. The number of hydrogen-bond donors (Lipinski definition) is 3. The zero-order valence-electron chi connectivity index (χ0n) is 19.7. The minimum Gasteiger partial charge on any atom is -0.481 e. The molecule has 0 aliphatic rings. The summed E-state index contributed by atoms with van der Waals surface area (Å²) in [6.45, 7) is 4.90. The minimum atomic E-state index is -0.154. The van der Waals surface area contributed by atoms with E-state index in [-0.39, 0.29) is 18.4 Å². The second-order valence-electron chi connectivity index (χ2n) is 7.67. The van der Waals surface area contributed by atoms with Crippen LogP contribution in [0.1, 0.15) is 30.2 Å². The van der Waals surface area contributed by atoms with Crippen molar-refractivity contribution in [1.82, 2.24) is 19.7 Å². The van der Waals surface area contributed by atoms with Gasteiger partial charge in [-0.3, -0.25) is 9.48 Å². The number of carbonyl (C=O) groups is 1. The van der Waals surface area contributed by atoms with Gasteiger partial charge in [0.15, 0.2) is 0 Å². The molecule has 3 heterocycles. The summed E-state index contributed by atoms with van der Waals surface area (Å²) in [4.78, 5) is 21.0. The Bertz CT molecular complexity index is 1080. The largest absolute Gasteiger partial charge is 0.481 e. The van der Waals surface area contributed by atoms with Crippen molar-refractivity contribution in [2.45, 2.75) is 39.5 Å². The number of methoxy groups -OCH3 is 2. The summed E-state index contributed by atoms with van der Waals surface area (Å²) < 4.78 is 12.2. The summed E-state index contributed by atoms with van der Waals surface area (Å²) in [5.41, 5.74) is 4.23. The van der Waals surface area contributed by atoms with E-state index < -0.39 is 0 Å². The van der Waals surface area contributed by atoms with Crippen molar-refractivity contribution < 1.29 is 14.3 Å². The van der Waals surface area contributed by atoms with Crippen molar-refractivity contribution in [3.63, 3.8) is 0 Å².